The zero-order chi connectivity index (χ0) is 25.7. The van der Waals surface area contributed by atoms with Crippen LogP contribution in [0, 0.1) is 6.92 Å². The van der Waals surface area contributed by atoms with Crippen LogP contribution in [-0.2, 0) is 16.1 Å². The highest BCUT2D eigenvalue weighted by atomic mass is 16.5. The zero-order valence-electron chi connectivity index (χ0n) is 21.8. The maximum atomic E-state index is 13.5. The van der Waals surface area contributed by atoms with E-state index in [-0.39, 0.29) is 12.0 Å². The van der Waals surface area contributed by atoms with E-state index in [2.05, 4.69) is 25.1 Å². The van der Waals surface area contributed by atoms with Crippen molar-refractivity contribution in [1.29, 1.82) is 0 Å². The number of pyridine rings is 1. The van der Waals surface area contributed by atoms with Crippen molar-refractivity contribution in [2.45, 2.75) is 32.4 Å². The van der Waals surface area contributed by atoms with Crippen LogP contribution in [0.1, 0.15) is 29.5 Å². The molecule has 0 bridgehead atoms. The Hall–Kier alpha value is -3.58. The van der Waals surface area contributed by atoms with Gasteiger partial charge in [-0.25, -0.2) is 4.98 Å². The predicted molar refractivity (Wildman–Crippen MR) is 144 cm³/mol. The Kier molecular flexibility index (Phi) is 8.10. The van der Waals surface area contributed by atoms with Gasteiger partial charge >= 0.3 is 0 Å². The topological polar surface area (TPSA) is 64.1 Å². The van der Waals surface area contributed by atoms with Gasteiger partial charge in [0, 0.05) is 50.8 Å². The number of fused-ring (bicyclic) bond motifs is 1. The number of nitrogens with zero attached hydrogens (tertiary/aromatic N) is 3. The number of carbonyl (C=O) groups excluding carboxylic acids is 1. The van der Waals surface area contributed by atoms with E-state index in [0.717, 1.165) is 52.9 Å². The molecule has 2 aromatic carbocycles. The van der Waals surface area contributed by atoms with E-state index in [1.807, 2.05) is 54.2 Å². The molecule has 1 fully saturated rings. The molecule has 1 aromatic heterocycles. The molecule has 7 heteroatoms. The molecule has 2 heterocycles. The summed E-state index contributed by atoms with van der Waals surface area (Å²) in [6.07, 6.45) is 5.44. The van der Waals surface area contributed by atoms with E-state index in [9.17, 15) is 4.79 Å². The monoisotopic (exact) mass is 489 g/mol. The summed E-state index contributed by atoms with van der Waals surface area (Å²) in [4.78, 5) is 22.3. The van der Waals surface area contributed by atoms with Crippen molar-refractivity contribution in [3.05, 3.63) is 65.2 Å². The van der Waals surface area contributed by atoms with Crippen molar-refractivity contribution in [3.8, 4) is 11.5 Å². The average molecular weight is 490 g/mol. The highest BCUT2D eigenvalue weighted by Gasteiger charge is 2.23. The van der Waals surface area contributed by atoms with E-state index in [4.69, 9.17) is 19.2 Å². The predicted octanol–water partition coefficient (Wildman–Crippen LogP) is 4.85. The number of rotatable bonds is 9. The molecule has 0 N–H and O–H groups in total. The van der Waals surface area contributed by atoms with Crippen LogP contribution in [0.25, 0.3) is 17.0 Å². The number of amides is 1. The van der Waals surface area contributed by atoms with Crippen LogP contribution < -0.4 is 14.4 Å². The molecule has 1 amide bonds. The van der Waals surface area contributed by atoms with Crippen LogP contribution in [0.3, 0.4) is 0 Å². The number of anilines is 1. The molecule has 36 heavy (non-hydrogen) atoms. The van der Waals surface area contributed by atoms with Crippen molar-refractivity contribution in [3.63, 3.8) is 0 Å². The summed E-state index contributed by atoms with van der Waals surface area (Å²) in [5, 5.41) is 1.07. The van der Waals surface area contributed by atoms with Gasteiger partial charge in [-0.2, -0.15) is 0 Å². The molecule has 1 atom stereocenters. The molecule has 0 radical (unpaired) electrons. The molecule has 0 aliphatic carbocycles. The van der Waals surface area contributed by atoms with Gasteiger partial charge in [0.15, 0.2) is 11.5 Å². The number of hydrogen-bond donors (Lipinski definition) is 0. The van der Waals surface area contributed by atoms with Crippen LogP contribution >= 0.6 is 0 Å². The highest BCUT2D eigenvalue weighted by molar-refractivity contribution is 5.92. The molecule has 4 rings (SSSR count). The SMILES string of the molecule is COc1ccc(C=CC(=O)N(Cc2cc3cccc(C)c3nc2N(C)C)CC2CCCO2)cc1OC. The van der Waals surface area contributed by atoms with Gasteiger partial charge in [-0.05, 0) is 55.2 Å². The van der Waals surface area contributed by atoms with Crippen LogP contribution in [0.5, 0.6) is 11.5 Å². The first kappa shape index (κ1) is 25.5. The van der Waals surface area contributed by atoms with Gasteiger partial charge in [-0.1, -0.05) is 24.3 Å². The van der Waals surface area contributed by atoms with Gasteiger partial charge in [0.25, 0.3) is 0 Å². The van der Waals surface area contributed by atoms with Crippen molar-refractivity contribution in [1.82, 2.24) is 9.88 Å². The second-order valence-electron chi connectivity index (χ2n) is 9.31. The first-order chi connectivity index (χ1) is 17.4. The summed E-state index contributed by atoms with van der Waals surface area (Å²) in [7, 11) is 7.17. The third kappa shape index (κ3) is 5.79. The van der Waals surface area contributed by atoms with Crippen LogP contribution in [-0.4, -0.2) is 63.4 Å². The number of benzene rings is 2. The van der Waals surface area contributed by atoms with Gasteiger partial charge in [0.05, 0.1) is 25.8 Å². The second kappa shape index (κ2) is 11.4. The lowest BCUT2D eigenvalue weighted by atomic mass is 10.1. The lowest BCUT2D eigenvalue weighted by Gasteiger charge is -2.27. The number of carbonyl (C=O) groups is 1. The first-order valence-corrected chi connectivity index (χ1v) is 12.3. The average Bonchev–Trinajstić information content (AvgIpc) is 3.39. The van der Waals surface area contributed by atoms with Crippen molar-refractivity contribution < 1.29 is 19.0 Å². The lowest BCUT2D eigenvalue weighted by Crippen LogP contribution is -2.36. The summed E-state index contributed by atoms with van der Waals surface area (Å²) in [5.41, 5.74) is 3.97. The number of hydrogen-bond acceptors (Lipinski definition) is 6. The summed E-state index contributed by atoms with van der Waals surface area (Å²) < 4.78 is 16.6. The minimum Gasteiger partial charge on any atom is -0.493 e. The van der Waals surface area contributed by atoms with E-state index >= 15 is 0 Å². The maximum Gasteiger partial charge on any atom is 0.246 e. The van der Waals surface area contributed by atoms with Gasteiger partial charge in [-0.15, -0.1) is 0 Å². The lowest BCUT2D eigenvalue weighted by molar-refractivity contribution is -0.128. The molecule has 1 aliphatic rings. The second-order valence-corrected chi connectivity index (χ2v) is 9.31. The van der Waals surface area contributed by atoms with Crippen LogP contribution in [0.15, 0.2) is 48.5 Å². The zero-order valence-corrected chi connectivity index (χ0v) is 21.8. The molecule has 190 valence electrons. The van der Waals surface area contributed by atoms with Crippen LogP contribution in [0.2, 0.25) is 0 Å². The summed E-state index contributed by atoms with van der Waals surface area (Å²) >= 11 is 0. The fraction of sp³-hybridized carbons (Fsp3) is 0.379. The number of methoxy groups -OCH3 is 2. The van der Waals surface area contributed by atoms with Gasteiger partial charge in [-0.3, -0.25) is 4.79 Å². The third-order valence-electron chi connectivity index (χ3n) is 6.47. The van der Waals surface area contributed by atoms with E-state index in [1.165, 1.54) is 0 Å². The molecule has 1 saturated heterocycles. The summed E-state index contributed by atoms with van der Waals surface area (Å²) in [6, 6.07) is 13.9. The van der Waals surface area contributed by atoms with Gasteiger partial charge in [0.2, 0.25) is 5.91 Å². The normalized spacial score (nSPS) is 15.4. The molecule has 0 saturated carbocycles. The Bertz CT molecular complexity index is 1250. The minimum atomic E-state index is -0.0747. The van der Waals surface area contributed by atoms with Crippen molar-refractivity contribution >= 4 is 28.7 Å². The van der Waals surface area contributed by atoms with Crippen molar-refractivity contribution in [2.24, 2.45) is 0 Å². The molecular formula is C29H35N3O4. The summed E-state index contributed by atoms with van der Waals surface area (Å²) in [6.45, 7) is 3.79. The van der Waals surface area contributed by atoms with Gasteiger partial charge < -0.3 is 24.0 Å². The highest BCUT2D eigenvalue weighted by Crippen LogP contribution is 2.29. The Labute approximate surface area is 213 Å². The molecule has 3 aromatic rings. The van der Waals surface area contributed by atoms with E-state index in [0.29, 0.717) is 24.6 Å². The largest absolute Gasteiger partial charge is 0.493 e. The summed E-state index contributed by atoms with van der Waals surface area (Å²) in [5.74, 6) is 2.06. The fourth-order valence-electron chi connectivity index (χ4n) is 4.59. The third-order valence-corrected chi connectivity index (χ3v) is 6.47. The Morgan fingerprint density at radius 2 is 1.94 bits per heavy atom. The minimum absolute atomic E-state index is 0.0434. The number of aryl methyl sites for hydroxylation is 1. The molecule has 1 aliphatic heterocycles. The van der Waals surface area contributed by atoms with Gasteiger partial charge in [0.1, 0.15) is 5.82 Å². The van der Waals surface area contributed by atoms with E-state index in [1.54, 1.807) is 20.3 Å². The van der Waals surface area contributed by atoms with Crippen molar-refractivity contribution in [2.75, 3.05) is 46.4 Å². The fourth-order valence-corrected chi connectivity index (χ4v) is 4.59. The standard InChI is InChI=1S/C29H35N3O4/c1-20-8-6-9-22-17-23(29(31(2)3)30-28(20)22)18-32(19-24-10-7-15-36-24)27(33)14-12-21-11-13-25(34-4)26(16-21)35-5/h6,8-9,11-14,16-17,24H,7,10,15,18-19H2,1-5H3. The Morgan fingerprint density at radius 3 is 2.64 bits per heavy atom. The molecule has 0 spiro atoms. The molecule has 1 unspecified atom stereocenters. The number of aromatic nitrogens is 1. The Balaban J connectivity index is 1.64. The smallest absolute Gasteiger partial charge is 0.246 e. The Morgan fingerprint density at radius 1 is 1.14 bits per heavy atom. The number of para-hydroxylation sites is 1. The maximum absolute atomic E-state index is 13.5. The van der Waals surface area contributed by atoms with E-state index < -0.39 is 0 Å². The quantitative estimate of drug-likeness (QED) is 0.401. The number of ether oxygens (including phenoxy) is 3. The first-order valence-electron chi connectivity index (χ1n) is 12.3. The molecule has 7 nitrogen and oxygen atoms in total. The van der Waals surface area contributed by atoms with Crippen LogP contribution in [0.4, 0.5) is 5.82 Å². The molecular weight excluding hydrogens is 454 g/mol.